The van der Waals surface area contributed by atoms with Gasteiger partial charge in [-0.1, -0.05) is 36.7 Å². The maximum atomic E-state index is 13.5. The van der Waals surface area contributed by atoms with E-state index < -0.39 is 5.41 Å². The molecule has 6 nitrogen and oxygen atoms in total. The van der Waals surface area contributed by atoms with Crippen molar-refractivity contribution in [3.05, 3.63) is 75.9 Å². The summed E-state index contributed by atoms with van der Waals surface area (Å²) in [6.45, 7) is 8.14. The molecule has 1 aromatic carbocycles. The first kappa shape index (κ1) is 20.9. The predicted molar refractivity (Wildman–Crippen MR) is 125 cm³/mol. The number of carbonyl (C=O) groups is 1. The second-order valence-electron chi connectivity index (χ2n) is 9.36. The Morgan fingerprint density at radius 2 is 1.97 bits per heavy atom. The summed E-state index contributed by atoms with van der Waals surface area (Å²) >= 11 is 6.63. The van der Waals surface area contributed by atoms with Crippen molar-refractivity contribution in [2.24, 2.45) is 10.2 Å². The van der Waals surface area contributed by atoms with Gasteiger partial charge in [-0.2, -0.15) is 5.11 Å². The monoisotopic (exact) mass is 447 g/mol. The lowest BCUT2D eigenvalue weighted by atomic mass is 9.62. The average Bonchev–Trinajstić information content (AvgIpc) is 3.12. The van der Waals surface area contributed by atoms with Crippen LogP contribution in [0.2, 0.25) is 0 Å². The van der Waals surface area contributed by atoms with Gasteiger partial charge in [0, 0.05) is 35.1 Å². The molecular weight excluding hydrogens is 422 g/mol. The summed E-state index contributed by atoms with van der Waals surface area (Å²) in [5.41, 5.74) is 5.55. The molecule has 0 bridgehead atoms. The van der Waals surface area contributed by atoms with Gasteiger partial charge in [0.15, 0.2) is 11.3 Å². The predicted octanol–water partition coefficient (Wildman–Crippen LogP) is 5.10. The van der Waals surface area contributed by atoms with Crippen LogP contribution in [-0.4, -0.2) is 22.6 Å². The van der Waals surface area contributed by atoms with Crippen molar-refractivity contribution in [3.8, 4) is 11.1 Å². The number of rotatable bonds is 3. The zero-order chi connectivity index (χ0) is 22.7. The van der Waals surface area contributed by atoms with E-state index in [1.807, 2.05) is 39.1 Å². The van der Waals surface area contributed by atoms with E-state index in [9.17, 15) is 4.79 Å². The minimum absolute atomic E-state index is 0.0712. The smallest absolute Gasteiger partial charge is 0.250 e. The highest BCUT2D eigenvalue weighted by atomic mass is 35.5. The third-order valence-corrected chi connectivity index (χ3v) is 6.95. The van der Waals surface area contributed by atoms with Crippen molar-refractivity contribution >= 4 is 17.5 Å². The second-order valence-corrected chi connectivity index (χ2v) is 9.72. The average molecular weight is 448 g/mol. The number of benzene rings is 1. The van der Waals surface area contributed by atoms with Crippen molar-refractivity contribution < 1.29 is 4.79 Å². The number of hydrogen-bond donors (Lipinski definition) is 2. The molecular formula is C25H26ClN5O. The number of azo groups is 1. The summed E-state index contributed by atoms with van der Waals surface area (Å²) in [6, 6.07) is 12.4. The second kappa shape index (κ2) is 7.27. The molecule has 0 spiro atoms. The van der Waals surface area contributed by atoms with E-state index in [2.05, 4.69) is 57.0 Å². The van der Waals surface area contributed by atoms with Crippen LogP contribution in [0.3, 0.4) is 0 Å². The number of aromatic nitrogens is 1. The molecule has 5 rings (SSSR count). The number of hydrogen-bond acceptors (Lipinski definition) is 5. The standard InChI is InChI=1S/C25H26ClN5O/c1-5-25(17-8-6-7-15(12-17)16-9-10-27-14(2)11-16)19-18(13-24(3,4)29-23(19)32)28-22-20(25)21(26)30-31-22/h6-12,22,28H,5,13H2,1-4H3,(H,29,32)/t22?,25-/m0/s1. The number of fused-ring (bicyclic) bond motifs is 1. The molecule has 3 aliphatic heterocycles. The maximum absolute atomic E-state index is 13.5. The van der Waals surface area contributed by atoms with Gasteiger partial charge in [0.25, 0.3) is 5.91 Å². The number of nitrogens with zero attached hydrogens (tertiary/aromatic N) is 3. The summed E-state index contributed by atoms with van der Waals surface area (Å²) in [5, 5.41) is 15.6. The minimum Gasteiger partial charge on any atom is -0.362 e. The molecule has 0 saturated heterocycles. The molecule has 0 aliphatic carbocycles. The van der Waals surface area contributed by atoms with E-state index >= 15 is 0 Å². The quantitative estimate of drug-likeness (QED) is 0.642. The van der Waals surface area contributed by atoms with E-state index in [1.165, 1.54) is 0 Å². The molecule has 2 aromatic rings. The van der Waals surface area contributed by atoms with Crippen molar-refractivity contribution in [3.63, 3.8) is 0 Å². The normalized spacial score (nSPS) is 25.9. The van der Waals surface area contributed by atoms with Crippen LogP contribution >= 0.6 is 11.6 Å². The van der Waals surface area contributed by atoms with Crippen molar-refractivity contribution in [2.45, 2.75) is 57.7 Å². The SMILES string of the molecule is CC[C@]1(c2cccc(-c3ccnc(C)c3)c2)C2=C(CC(C)(C)NC2=O)NC2N=NC(Cl)=C21. The summed E-state index contributed by atoms with van der Waals surface area (Å²) < 4.78 is 0. The first-order valence-electron chi connectivity index (χ1n) is 10.9. The number of pyridine rings is 1. The molecule has 0 radical (unpaired) electrons. The summed E-state index contributed by atoms with van der Waals surface area (Å²) in [4.78, 5) is 17.9. The molecule has 164 valence electrons. The van der Waals surface area contributed by atoms with E-state index in [1.54, 1.807) is 0 Å². The van der Waals surface area contributed by atoms with Gasteiger partial charge in [0.05, 0.1) is 11.0 Å². The lowest BCUT2D eigenvalue weighted by Crippen LogP contribution is -2.58. The van der Waals surface area contributed by atoms with Crippen molar-refractivity contribution in [1.82, 2.24) is 15.6 Å². The molecule has 2 atom stereocenters. The number of halogens is 1. The minimum atomic E-state index is -0.718. The maximum Gasteiger partial charge on any atom is 0.250 e. The zero-order valence-corrected chi connectivity index (χ0v) is 19.4. The fraction of sp³-hybridized carbons (Fsp3) is 0.360. The summed E-state index contributed by atoms with van der Waals surface area (Å²) in [5.74, 6) is -0.0712. The molecule has 0 fully saturated rings. The Hall–Kier alpha value is -2.99. The Morgan fingerprint density at radius 3 is 2.72 bits per heavy atom. The molecule has 1 unspecified atom stereocenters. The molecule has 7 heteroatoms. The molecule has 1 amide bonds. The van der Waals surface area contributed by atoms with Gasteiger partial charge in [0.2, 0.25) is 0 Å². The third kappa shape index (κ3) is 3.08. The van der Waals surface area contributed by atoms with Gasteiger partial charge in [-0.05, 0) is 62.1 Å². The fourth-order valence-corrected chi connectivity index (χ4v) is 5.67. The van der Waals surface area contributed by atoms with Gasteiger partial charge in [-0.3, -0.25) is 9.78 Å². The molecule has 3 aliphatic rings. The Labute approximate surface area is 192 Å². The van der Waals surface area contributed by atoms with Gasteiger partial charge in [-0.15, -0.1) is 5.11 Å². The van der Waals surface area contributed by atoms with Crippen LogP contribution in [-0.2, 0) is 10.2 Å². The molecule has 0 saturated carbocycles. The fourth-order valence-electron chi connectivity index (χ4n) is 5.36. The summed E-state index contributed by atoms with van der Waals surface area (Å²) in [6.07, 6.45) is 2.80. The van der Waals surface area contributed by atoms with Crippen LogP contribution in [0.25, 0.3) is 11.1 Å². The first-order valence-corrected chi connectivity index (χ1v) is 11.3. The van der Waals surface area contributed by atoms with Crippen LogP contribution in [0.1, 0.15) is 44.9 Å². The van der Waals surface area contributed by atoms with Gasteiger partial charge in [0.1, 0.15) is 0 Å². The van der Waals surface area contributed by atoms with E-state index in [-0.39, 0.29) is 17.6 Å². The van der Waals surface area contributed by atoms with Gasteiger partial charge < -0.3 is 10.6 Å². The summed E-state index contributed by atoms with van der Waals surface area (Å²) in [7, 11) is 0. The van der Waals surface area contributed by atoms with E-state index in [4.69, 9.17) is 11.6 Å². The molecule has 4 heterocycles. The highest BCUT2D eigenvalue weighted by Gasteiger charge is 2.54. The Kier molecular flexibility index (Phi) is 4.75. The largest absolute Gasteiger partial charge is 0.362 e. The highest BCUT2D eigenvalue weighted by Crippen LogP contribution is 2.53. The van der Waals surface area contributed by atoms with Gasteiger partial charge >= 0.3 is 0 Å². The van der Waals surface area contributed by atoms with Crippen LogP contribution < -0.4 is 10.6 Å². The molecule has 1 aromatic heterocycles. The van der Waals surface area contributed by atoms with Crippen LogP contribution in [0.15, 0.2) is 74.8 Å². The number of nitrogens with one attached hydrogen (secondary N) is 2. The number of amides is 1. The Morgan fingerprint density at radius 1 is 1.19 bits per heavy atom. The molecule has 32 heavy (non-hydrogen) atoms. The third-order valence-electron chi connectivity index (χ3n) is 6.67. The Bertz CT molecular complexity index is 1230. The van der Waals surface area contributed by atoms with Crippen LogP contribution in [0.5, 0.6) is 0 Å². The number of carbonyl (C=O) groups excluding carboxylic acids is 1. The molecule has 2 N–H and O–H groups in total. The Balaban J connectivity index is 1.77. The first-order chi connectivity index (χ1) is 15.2. The topological polar surface area (TPSA) is 78.7 Å². The van der Waals surface area contributed by atoms with Gasteiger partial charge in [-0.25, -0.2) is 0 Å². The van der Waals surface area contributed by atoms with Crippen molar-refractivity contribution in [2.75, 3.05) is 0 Å². The van der Waals surface area contributed by atoms with E-state index in [0.29, 0.717) is 18.0 Å². The number of aryl methyl sites for hydroxylation is 1. The lowest BCUT2D eigenvalue weighted by molar-refractivity contribution is -0.120. The van der Waals surface area contributed by atoms with Crippen LogP contribution in [0.4, 0.5) is 0 Å². The van der Waals surface area contributed by atoms with Crippen molar-refractivity contribution in [1.29, 1.82) is 0 Å². The van der Waals surface area contributed by atoms with E-state index in [0.717, 1.165) is 39.2 Å². The lowest BCUT2D eigenvalue weighted by Gasteiger charge is -2.48. The zero-order valence-electron chi connectivity index (χ0n) is 18.7. The highest BCUT2D eigenvalue weighted by molar-refractivity contribution is 6.30. The van der Waals surface area contributed by atoms with Crippen LogP contribution in [0, 0.1) is 6.92 Å².